The van der Waals surface area contributed by atoms with Crippen LogP contribution in [0.15, 0.2) is 0 Å². The number of nitrogens with zero attached hydrogens (tertiary/aromatic N) is 1. The van der Waals surface area contributed by atoms with Crippen LogP contribution in [-0.2, 0) is 47.7 Å². The summed E-state index contributed by atoms with van der Waals surface area (Å²) in [5.74, 6) is -1.77. The molecule has 11 nitrogen and oxygen atoms in total. The molecule has 364 valence electrons. The Hall–Kier alpha value is -2.69. The van der Waals surface area contributed by atoms with Gasteiger partial charge in [0, 0.05) is 19.3 Å². The second kappa shape index (κ2) is 43.6. The molecule has 0 rings (SSSR count). The molecule has 3 atom stereocenters. The van der Waals surface area contributed by atoms with E-state index in [4.69, 9.17) is 23.7 Å². The molecule has 0 saturated heterocycles. The van der Waals surface area contributed by atoms with Gasteiger partial charge in [-0.25, -0.2) is 0 Å². The minimum absolute atomic E-state index is 0.0653. The molecule has 0 aliphatic rings. The first-order valence-electron chi connectivity index (χ1n) is 25.6. The summed E-state index contributed by atoms with van der Waals surface area (Å²) >= 11 is 0. The number of unbranched alkanes of at least 4 members (excludes halogenated alkanes) is 18. The summed E-state index contributed by atoms with van der Waals surface area (Å²) in [5.41, 5.74) is 0. The van der Waals surface area contributed by atoms with Gasteiger partial charge in [-0.2, -0.15) is 0 Å². The molecule has 0 saturated carbocycles. The van der Waals surface area contributed by atoms with E-state index >= 15 is 0 Å². The maximum Gasteiger partial charge on any atom is 0.308 e. The highest BCUT2D eigenvalue weighted by atomic mass is 16.6. The lowest BCUT2D eigenvalue weighted by molar-refractivity contribution is -0.167. The van der Waals surface area contributed by atoms with Crippen LogP contribution in [0.2, 0.25) is 0 Å². The van der Waals surface area contributed by atoms with E-state index < -0.39 is 24.0 Å². The smallest absolute Gasteiger partial charge is 0.308 e. The fourth-order valence-electron chi connectivity index (χ4n) is 7.48. The summed E-state index contributed by atoms with van der Waals surface area (Å²) in [5, 5.41) is 0. The summed E-state index contributed by atoms with van der Waals surface area (Å²) in [6.07, 6.45) is 28.9. The third-order valence-electron chi connectivity index (χ3n) is 11.5. The maximum absolute atomic E-state index is 13.0. The second-order valence-electron chi connectivity index (χ2n) is 17.8. The number of hydrogen-bond donors (Lipinski definition) is 0. The lowest BCUT2D eigenvalue weighted by atomic mass is 9.94. The summed E-state index contributed by atoms with van der Waals surface area (Å²) in [7, 11) is 3.86. The molecule has 0 aliphatic heterocycles. The van der Waals surface area contributed by atoms with Crippen LogP contribution in [0.1, 0.15) is 233 Å². The normalized spacial score (nSPS) is 12.8. The molecule has 0 amide bonds. The van der Waals surface area contributed by atoms with Crippen molar-refractivity contribution in [1.29, 1.82) is 0 Å². The van der Waals surface area contributed by atoms with Gasteiger partial charge in [0.2, 0.25) is 0 Å². The fraction of sp³-hybridized carbons (Fsp3) is 0.902. The van der Waals surface area contributed by atoms with Gasteiger partial charge in [0.25, 0.3) is 0 Å². The van der Waals surface area contributed by atoms with Crippen LogP contribution in [0, 0.1) is 11.8 Å². The molecule has 2 unspecified atom stereocenters. The third-order valence-corrected chi connectivity index (χ3v) is 11.5. The number of carbonyl (C=O) groups is 5. The van der Waals surface area contributed by atoms with Gasteiger partial charge in [0.15, 0.2) is 6.10 Å². The van der Waals surface area contributed by atoms with Crippen LogP contribution in [0.3, 0.4) is 0 Å². The van der Waals surface area contributed by atoms with Gasteiger partial charge in [-0.3, -0.25) is 24.0 Å². The van der Waals surface area contributed by atoms with Crippen molar-refractivity contribution in [2.24, 2.45) is 11.8 Å². The van der Waals surface area contributed by atoms with E-state index in [-0.39, 0.29) is 69.5 Å². The van der Waals surface area contributed by atoms with Gasteiger partial charge >= 0.3 is 29.8 Å². The van der Waals surface area contributed by atoms with Gasteiger partial charge in [0.05, 0.1) is 25.0 Å². The highest BCUT2D eigenvalue weighted by Gasteiger charge is 2.22. The van der Waals surface area contributed by atoms with Gasteiger partial charge in [-0.1, -0.05) is 156 Å². The first-order chi connectivity index (χ1) is 30.1. The zero-order valence-corrected chi connectivity index (χ0v) is 40.9. The Labute approximate surface area is 379 Å². The average molecular weight is 882 g/mol. The predicted octanol–water partition coefficient (Wildman–Crippen LogP) is 12.4. The second-order valence-corrected chi connectivity index (χ2v) is 17.8. The molecular weight excluding hydrogens is 787 g/mol. The Bertz CT molecular complexity index is 1100. The van der Waals surface area contributed by atoms with Crippen LogP contribution in [0.25, 0.3) is 0 Å². The topological polar surface area (TPSA) is 135 Å². The molecule has 11 heteroatoms. The number of hydrogen-bond acceptors (Lipinski definition) is 11. The number of ether oxygens (including phenoxy) is 5. The Morgan fingerprint density at radius 2 is 0.726 bits per heavy atom. The molecule has 0 N–H and O–H groups in total. The quantitative estimate of drug-likeness (QED) is 0.0328. The molecular formula is C51H95NO10. The number of rotatable bonds is 45. The van der Waals surface area contributed by atoms with E-state index in [1.54, 1.807) is 0 Å². The Morgan fingerprint density at radius 3 is 1.11 bits per heavy atom. The molecule has 0 aromatic carbocycles. The highest BCUT2D eigenvalue weighted by Crippen LogP contribution is 2.22. The first-order valence-corrected chi connectivity index (χ1v) is 25.6. The monoisotopic (exact) mass is 882 g/mol. The van der Waals surface area contributed by atoms with E-state index in [9.17, 15) is 24.0 Å². The van der Waals surface area contributed by atoms with Gasteiger partial charge < -0.3 is 28.6 Å². The number of esters is 5. The molecule has 62 heavy (non-hydrogen) atoms. The van der Waals surface area contributed by atoms with Crippen molar-refractivity contribution in [3.63, 3.8) is 0 Å². The van der Waals surface area contributed by atoms with Crippen molar-refractivity contribution in [3.8, 4) is 0 Å². The van der Waals surface area contributed by atoms with Crippen molar-refractivity contribution in [1.82, 2.24) is 4.90 Å². The van der Waals surface area contributed by atoms with Gasteiger partial charge in [-0.15, -0.1) is 0 Å². The lowest BCUT2D eigenvalue weighted by Crippen LogP contribution is -2.31. The minimum Gasteiger partial charge on any atom is -0.465 e. The van der Waals surface area contributed by atoms with Crippen LogP contribution in [0.4, 0.5) is 0 Å². The minimum atomic E-state index is -0.945. The molecule has 0 fully saturated rings. The Morgan fingerprint density at radius 1 is 0.387 bits per heavy atom. The Kier molecular flexibility index (Phi) is 41.7. The standard InChI is InChI=1S/C51H95NO10/c1-7-11-15-19-21-25-34-44(32-23-17-13-9-3)50(56)58-40-29-27-36-47(53)60-42-46(43-61-48(54)38-31-39-52(5)6)62-49(55)37-28-30-41-59-51(57)45(33-24-18-14-10-4)35-26-22-20-16-12-8-2/h44-46H,7-43H2,1-6H3/t44?,45?,46-/m1/s1. The van der Waals surface area contributed by atoms with Crippen molar-refractivity contribution >= 4 is 29.8 Å². The van der Waals surface area contributed by atoms with E-state index in [1.165, 1.54) is 64.2 Å². The molecule has 0 aromatic heterocycles. The summed E-state index contributed by atoms with van der Waals surface area (Å²) in [6.45, 7) is 9.58. The van der Waals surface area contributed by atoms with E-state index in [1.807, 2.05) is 19.0 Å². The van der Waals surface area contributed by atoms with E-state index in [0.29, 0.717) is 32.1 Å². The van der Waals surface area contributed by atoms with E-state index in [0.717, 1.165) is 96.4 Å². The molecule has 0 spiro atoms. The average Bonchev–Trinajstić information content (AvgIpc) is 3.25. The van der Waals surface area contributed by atoms with Crippen molar-refractivity contribution in [2.45, 2.75) is 239 Å². The van der Waals surface area contributed by atoms with E-state index in [2.05, 4.69) is 27.7 Å². The van der Waals surface area contributed by atoms with Crippen LogP contribution in [-0.4, -0.2) is 87.9 Å². The van der Waals surface area contributed by atoms with Gasteiger partial charge in [-0.05, 0) is 78.4 Å². The number of carbonyl (C=O) groups excluding carboxylic acids is 5. The predicted molar refractivity (Wildman–Crippen MR) is 250 cm³/mol. The van der Waals surface area contributed by atoms with Crippen molar-refractivity contribution < 1.29 is 47.7 Å². The molecule has 0 radical (unpaired) electrons. The SMILES string of the molecule is CCCCCCCCC(CCCCCC)C(=O)OCCCCC(=O)OC[C@H](COC(=O)CCCN(C)C)OC(=O)CCCCOC(=O)C(CCCCCC)CCCCCCCC. The Balaban J connectivity index is 4.89. The van der Waals surface area contributed by atoms with Crippen LogP contribution < -0.4 is 0 Å². The van der Waals surface area contributed by atoms with Crippen molar-refractivity contribution in [3.05, 3.63) is 0 Å². The lowest BCUT2D eigenvalue weighted by Gasteiger charge is -2.19. The largest absolute Gasteiger partial charge is 0.465 e. The summed E-state index contributed by atoms with van der Waals surface area (Å²) in [6, 6.07) is 0. The zero-order chi connectivity index (χ0) is 45.9. The highest BCUT2D eigenvalue weighted by molar-refractivity contribution is 5.73. The zero-order valence-electron chi connectivity index (χ0n) is 40.9. The van der Waals surface area contributed by atoms with Gasteiger partial charge in [0.1, 0.15) is 13.2 Å². The van der Waals surface area contributed by atoms with Crippen LogP contribution in [0.5, 0.6) is 0 Å². The fourth-order valence-corrected chi connectivity index (χ4v) is 7.48. The first kappa shape index (κ1) is 59.3. The maximum atomic E-state index is 13.0. The third kappa shape index (κ3) is 37.8. The summed E-state index contributed by atoms with van der Waals surface area (Å²) < 4.78 is 27.8. The molecule has 0 aromatic rings. The summed E-state index contributed by atoms with van der Waals surface area (Å²) in [4.78, 5) is 65.9. The molecule has 0 bridgehead atoms. The van der Waals surface area contributed by atoms with Crippen molar-refractivity contribution in [2.75, 3.05) is 47.1 Å². The molecule has 0 aliphatic carbocycles. The molecule has 0 heterocycles. The van der Waals surface area contributed by atoms with Crippen LogP contribution >= 0.6 is 0 Å².